The largest absolute Gasteiger partial charge is 0.396 e. The average molecular weight is 163 g/mol. The third-order valence-electron chi connectivity index (χ3n) is 1.81. The Balaban J connectivity index is 3.43. The van der Waals surface area contributed by atoms with Crippen molar-refractivity contribution in [2.75, 3.05) is 5.73 Å². The fourth-order valence-corrected chi connectivity index (χ4v) is 1.09. The van der Waals surface area contributed by atoms with Gasteiger partial charge in [0.05, 0.1) is 5.69 Å². The molecular weight excluding hydrogens is 150 g/mol. The third-order valence-corrected chi connectivity index (χ3v) is 1.81. The molecule has 0 unspecified atom stereocenters. The van der Waals surface area contributed by atoms with E-state index < -0.39 is 0 Å². The lowest BCUT2D eigenvalue weighted by Crippen LogP contribution is -2.11. The van der Waals surface area contributed by atoms with Gasteiger partial charge in [0, 0.05) is 5.56 Å². The van der Waals surface area contributed by atoms with E-state index in [0.29, 0.717) is 5.69 Å². The molecule has 0 amide bonds. The second kappa shape index (κ2) is 3.39. The van der Waals surface area contributed by atoms with Crippen LogP contribution in [0.1, 0.15) is 25.3 Å². The molecule has 2 nitrogen and oxygen atoms in total. The highest BCUT2D eigenvalue weighted by Gasteiger charge is 2.03. The Kier molecular flexibility index (Phi) is 2.48. The van der Waals surface area contributed by atoms with Crippen LogP contribution in [0.3, 0.4) is 0 Å². The second-order valence-electron chi connectivity index (χ2n) is 3.11. The number of anilines is 1. The summed E-state index contributed by atoms with van der Waals surface area (Å²) in [5.41, 5.74) is 6.58. The first-order valence-electron chi connectivity index (χ1n) is 4.01. The summed E-state index contributed by atoms with van der Waals surface area (Å²) in [7, 11) is 0. The molecule has 1 aromatic rings. The summed E-state index contributed by atoms with van der Waals surface area (Å²) in [6.45, 7) is 3.96. The van der Waals surface area contributed by atoms with Crippen molar-refractivity contribution in [2.24, 2.45) is 0 Å². The Morgan fingerprint density at radius 3 is 2.42 bits per heavy atom. The SMILES string of the molecule is CC(C)c1ccccc(N)c1=O. The Labute approximate surface area is 72.0 Å². The van der Waals surface area contributed by atoms with E-state index in [1.807, 2.05) is 26.0 Å². The smallest absolute Gasteiger partial charge is 0.204 e. The van der Waals surface area contributed by atoms with E-state index in [1.165, 1.54) is 0 Å². The molecule has 0 spiro atoms. The summed E-state index contributed by atoms with van der Waals surface area (Å²) in [4.78, 5) is 11.5. The van der Waals surface area contributed by atoms with Crippen LogP contribution in [0.15, 0.2) is 29.1 Å². The van der Waals surface area contributed by atoms with Crippen molar-refractivity contribution in [2.45, 2.75) is 19.8 Å². The van der Waals surface area contributed by atoms with Gasteiger partial charge < -0.3 is 5.73 Å². The first-order chi connectivity index (χ1) is 5.63. The topological polar surface area (TPSA) is 43.1 Å². The minimum atomic E-state index is -0.0463. The van der Waals surface area contributed by atoms with Crippen molar-refractivity contribution in [3.63, 3.8) is 0 Å². The van der Waals surface area contributed by atoms with Gasteiger partial charge in [-0.25, -0.2) is 0 Å². The fourth-order valence-electron chi connectivity index (χ4n) is 1.09. The normalized spacial score (nSPS) is 10.2. The minimum Gasteiger partial charge on any atom is -0.396 e. The predicted molar refractivity (Wildman–Crippen MR) is 51.2 cm³/mol. The van der Waals surface area contributed by atoms with Crippen LogP contribution in [-0.2, 0) is 0 Å². The first-order valence-corrected chi connectivity index (χ1v) is 4.01. The molecule has 0 saturated heterocycles. The van der Waals surface area contributed by atoms with Crippen molar-refractivity contribution < 1.29 is 0 Å². The van der Waals surface area contributed by atoms with E-state index >= 15 is 0 Å². The summed E-state index contributed by atoms with van der Waals surface area (Å²) >= 11 is 0. The zero-order valence-corrected chi connectivity index (χ0v) is 7.37. The molecule has 0 radical (unpaired) electrons. The Hall–Kier alpha value is -1.31. The van der Waals surface area contributed by atoms with E-state index in [9.17, 15) is 4.79 Å². The maximum Gasteiger partial charge on any atom is 0.204 e. The van der Waals surface area contributed by atoms with Gasteiger partial charge in [-0.15, -0.1) is 0 Å². The van der Waals surface area contributed by atoms with Gasteiger partial charge in [-0.05, 0) is 12.0 Å². The molecule has 0 fully saturated rings. The van der Waals surface area contributed by atoms with Crippen LogP contribution < -0.4 is 11.2 Å². The Morgan fingerprint density at radius 1 is 1.25 bits per heavy atom. The zero-order chi connectivity index (χ0) is 9.14. The van der Waals surface area contributed by atoms with Gasteiger partial charge in [-0.3, -0.25) is 4.79 Å². The van der Waals surface area contributed by atoms with E-state index in [2.05, 4.69) is 0 Å². The van der Waals surface area contributed by atoms with Crippen LogP contribution in [-0.4, -0.2) is 0 Å². The predicted octanol–water partition coefficient (Wildman–Crippen LogP) is 1.75. The van der Waals surface area contributed by atoms with Crippen molar-refractivity contribution in [3.8, 4) is 0 Å². The fraction of sp³-hybridized carbons (Fsp3) is 0.300. The standard InChI is InChI=1S/C10H13NO/c1-7(2)8-5-3-4-6-9(11)10(8)12/h3-7H,1-2H3,(H2,11,12). The lowest BCUT2D eigenvalue weighted by atomic mass is 10.1. The molecule has 0 aliphatic rings. The molecule has 2 heteroatoms. The average Bonchev–Trinajstić information content (AvgIpc) is 2.15. The molecule has 0 aliphatic carbocycles. The van der Waals surface area contributed by atoms with Gasteiger partial charge in [-0.2, -0.15) is 0 Å². The van der Waals surface area contributed by atoms with Crippen molar-refractivity contribution >= 4 is 5.69 Å². The maximum absolute atomic E-state index is 11.5. The third kappa shape index (κ3) is 1.64. The molecule has 0 atom stereocenters. The van der Waals surface area contributed by atoms with Crippen molar-refractivity contribution in [1.29, 1.82) is 0 Å². The molecule has 1 aromatic carbocycles. The molecule has 12 heavy (non-hydrogen) atoms. The van der Waals surface area contributed by atoms with Gasteiger partial charge in [-0.1, -0.05) is 32.0 Å². The Morgan fingerprint density at radius 2 is 1.83 bits per heavy atom. The summed E-state index contributed by atoms with van der Waals surface area (Å²) in [6, 6.07) is 7.08. The van der Waals surface area contributed by atoms with Gasteiger partial charge >= 0.3 is 0 Å². The monoisotopic (exact) mass is 163 g/mol. The number of rotatable bonds is 1. The molecule has 64 valence electrons. The minimum absolute atomic E-state index is 0.0463. The van der Waals surface area contributed by atoms with Gasteiger partial charge in [0.15, 0.2) is 0 Å². The molecule has 1 rings (SSSR count). The first kappa shape index (κ1) is 8.78. The number of hydrogen-bond donors (Lipinski definition) is 1. The van der Waals surface area contributed by atoms with Crippen LogP contribution in [0, 0.1) is 0 Å². The number of hydrogen-bond acceptors (Lipinski definition) is 2. The van der Waals surface area contributed by atoms with Crippen LogP contribution in [0.4, 0.5) is 5.69 Å². The number of nitrogen functional groups attached to an aromatic ring is 1. The highest BCUT2D eigenvalue weighted by atomic mass is 16.1. The maximum atomic E-state index is 11.5. The molecule has 2 N–H and O–H groups in total. The second-order valence-corrected chi connectivity index (χ2v) is 3.11. The Bertz CT molecular complexity index is 331. The highest BCUT2D eigenvalue weighted by molar-refractivity contribution is 5.40. The zero-order valence-electron chi connectivity index (χ0n) is 7.37. The summed E-state index contributed by atoms with van der Waals surface area (Å²) in [5.74, 6) is 0.229. The molecular formula is C10H13NO. The van der Waals surface area contributed by atoms with E-state index in [1.54, 1.807) is 12.1 Å². The van der Waals surface area contributed by atoms with Crippen LogP contribution in [0.25, 0.3) is 0 Å². The summed E-state index contributed by atoms with van der Waals surface area (Å²) < 4.78 is 0. The molecule has 0 heterocycles. The molecule has 0 aliphatic heterocycles. The van der Waals surface area contributed by atoms with Crippen LogP contribution >= 0.6 is 0 Å². The lowest BCUT2D eigenvalue weighted by Gasteiger charge is -1.99. The number of nitrogens with two attached hydrogens (primary N) is 1. The van der Waals surface area contributed by atoms with Crippen molar-refractivity contribution in [1.82, 2.24) is 0 Å². The van der Waals surface area contributed by atoms with E-state index in [4.69, 9.17) is 5.73 Å². The summed E-state index contributed by atoms with van der Waals surface area (Å²) in [5, 5.41) is 0. The van der Waals surface area contributed by atoms with Gasteiger partial charge in [0.25, 0.3) is 0 Å². The quantitative estimate of drug-likeness (QED) is 0.685. The summed E-state index contributed by atoms with van der Waals surface area (Å²) in [6.07, 6.45) is 0. The molecule has 0 saturated carbocycles. The van der Waals surface area contributed by atoms with Crippen LogP contribution in [0.5, 0.6) is 0 Å². The van der Waals surface area contributed by atoms with Gasteiger partial charge in [0.1, 0.15) is 0 Å². The van der Waals surface area contributed by atoms with E-state index in [-0.39, 0.29) is 11.3 Å². The van der Waals surface area contributed by atoms with E-state index in [0.717, 1.165) is 5.56 Å². The lowest BCUT2D eigenvalue weighted by molar-refractivity contribution is 0.860. The molecule has 0 bridgehead atoms. The van der Waals surface area contributed by atoms with Crippen LogP contribution in [0.2, 0.25) is 0 Å². The van der Waals surface area contributed by atoms with Crippen molar-refractivity contribution in [3.05, 3.63) is 40.1 Å². The molecule has 0 aromatic heterocycles. The van der Waals surface area contributed by atoms with Gasteiger partial charge in [0.2, 0.25) is 5.43 Å². The highest BCUT2D eigenvalue weighted by Crippen LogP contribution is 2.09.